The van der Waals surface area contributed by atoms with E-state index in [9.17, 15) is 4.79 Å². The molecule has 2 aromatic rings. The third-order valence-corrected chi connectivity index (χ3v) is 7.47. The molecule has 31 heavy (non-hydrogen) atoms. The maximum Gasteiger partial charge on any atom is 0.222 e. The molecule has 3 heterocycles. The van der Waals surface area contributed by atoms with Gasteiger partial charge in [-0.25, -0.2) is 4.68 Å². The van der Waals surface area contributed by atoms with Crippen LogP contribution in [-0.2, 0) is 18.0 Å². The summed E-state index contributed by atoms with van der Waals surface area (Å²) >= 11 is 5.86. The third kappa shape index (κ3) is 4.93. The summed E-state index contributed by atoms with van der Waals surface area (Å²) in [5.74, 6) is 2.61. The SMILES string of the molecule is O=C(CC1CCN(Cn2nc(C3CC3)n(Cc3ccccc3)c2=S)CC1)N1CCCC1. The van der Waals surface area contributed by atoms with Gasteiger partial charge in [0.1, 0.15) is 5.82 Å². The predicted molar refractivity (Wildman–Crippen MR) is 123 cm³/mol. The minimum atomic E-state index is 0.367. The molecule has 1 amide bonds. The Bertz CT molecular complexity index is 950. The number of benzene rings is 1. The van der Waals surface area contributed by atoms with Gasteiger partial charge in [-0.05, 0) is 62.2 Å². The van der Waals surface area contributed by atoms with Crippen LogP contribution in [0.1, 0.15) is 62.3 Å². The second-order valence-electron chi connectivity index (χ2n) is 9.48. The van der Waals surface area contributed by atoms with E-state index in [1.54, 1.807) is 0 Å². The molecule has 2 aliphatic heterocycles. The first-order chi connectivity index (χ1) is 15.2. The van der Waals surface area contributed by atoms with E-state index in [0.717, 1.165) is 69.3 Å². The lowest BCUT2D eigenvalue weighted by Gasteiger charge is -2.32. The van der Waals surface area contributed by atoms with E-state index in [4.69, 9.17) is 17.3 Å². The van der Waals surface area contributed by atoms with Crippen molar-refractivity contribution < 1.29 is 4.79 Å². The molecule has 6 nitrogen and oxygen atoms in total. The molecule has 3 aliphatic rings. The lowest BCUT2D eigenvalue weighted by molar-refractivity contribution is -0.131. The molecule has 1 saturated carbocycles. The molecule has 0 bridgehead atoms. The molecule has 3 fully saturated rings. The summed E-state index contributed by atoms with van der Waals surface area (Å²) in [4.78, 5) is 17.0. The summed E-state index contributed by atoms with van der Waals surface area (Å²) in [6.45, 7) is 5.52. The minimum absolute atomic E-state index is 0.367. The summed E-state index contributed by atoms with van der Waals surface area (Å²) < 4.78 is 5.10. The van der Waals surface area contributed by atoms with Crippen molar-refractivity contribution in [3.63, 3.8) is 0 Å². The smallest absolute Gasteiger partial charge is 0.222 e. The van der Waals surface area contributed by atoms with Gasteiger partial charge in [0.25, 0.3) is 0 Å². The summed E-state index contributed by atoms with van der Waals surface area (Å²) in [5, 5.41) is 4.95. The first-order valence-electron chi connectivity index (χ1n) is 11.9. The van der Waals surface area contributed by atoms with E-state index >= 15 is 0 Å². The van der Waals surface area contributed by atoms with Gasteiger partial charge in [0.15, 0.2) is 4.77 Å². The molecule has 166 valence electrons. The standard InChI is InChI=1S/C24H33N5OS/c30-22(27-12-4-5-13-27)16-19-10-14-26(15-11-19)18-29-24(31)28(23(25-29)21-8-9-21)17-20-6-2-1-3-7-20/h1-3,6-7,19,21H,4-5,8-18H2. The highest BCUT2D eigenvalue weighted by Gasteiger charge is 2.31. The molecule has 0 unspecified atom stereocenters. The van der Waals surface area contributed by atoms with Crippen molar-refractivity contribution in [1.29, 1.82) is 0 Å². The van der Waals surface area contributed by atoms with E-state index in [1.807, 2.05) is 4.68 Å². The molecular formula is C24H33N5OS. The van der Waals surface area contributed by atoms with Crippen molar-refractivity contribution in [3.8, 4) is 0 Å². The fourth-order valence-corrected chi connectivity index (χ4v) is 5.23. The zero-order valence-electron chi connectivity index (χ0n) is 18.3. The Balaban J connectivity index is 1.20. The highest BCUT2D eigenvalue weighted by atomic mass is 32.1. The maximum absolute atomic E-state index is 12.5. The number of piperidine rings is 1. The fraction of sp³-hybridized carbons (Fsp3) is 0.625. The number of aromatic nitrogens is 3. The monoisotopic (exact) mass is 439 g/mol. The molecule has 2 saturated heterocycles. The van der Waals surface area contributed by atoms with Gasteiger partial charge in [-0.3, -0.25) is 14.3 Å². The van der Waals surface area contributed by atoms with Crippen molar-refractivity contribution in [3.05, 3.63) is 46.5 Å². The Hall–Kier alpha value is -1.99. The van der Waals surface area contributed by atoms with Gasteiger partial charge in [0.2, 0.25) is 5.91 Å². The zero-order chi connectivity index (χ0) is 21.2. The van der Waals surface area contributed by atoms with Gasteiger partial charge in [0, 0.05) is 38.5 Å². The van der Waals surface area contributed by atoms with Crippen LogP contribution in [0.2, 0.25) is 0 Å². The van der Waals surface area contributed by atoms with Gasteiger partial charge in [0.05, 0.1) is 13.2 Å². The summed E-state index contributed by atoms with van der Waals surface area (Å²) in [6, 6.07) is 10.5. The molecular weight excluding hydrogens is 406 g/mol. The van der Waals surface area contributed by atoms with Gasteiger partial charge in [-0.1, -0.05) is 30.3 Å². The van der Waals surface area contributed by atoms with Crippen molar-refractivity contribution in [2.45, 2.75) is 64.1 Å². The van der Waals surface area contributed by atoms with Crippen LogP contribution in [0.25, 0.3) is 0 Å². The van der Waals surface area contributed by atoms with E-state index < -0.39 is 0 Å². The molecule has 1 aliphatic carbocycles. The first-order valence-corrected chi connectivity index (χ1v) is 12.3. The van der Waals surface area contributed by atoms with E-state index in [2.05, 4.69) is 44.7 Å². The summed E-state index contributed by atoms with van der Waals surface area (Å²) in [6.07, 6.45) is 7.69. The number of likely N-dealkylation sites (tertiary alicyclic amines) is 2. The van der Waals surface area contributed by atoms with Crippen molar-refractivity contribution in [1.82, 2.24) is 24.1 Å². The second kappa shape index (κ2) is 9.25. The number of carbonyl (C=O) groups is 1. The van der Waals surface area contributed by atoms with E-state index in [1.165, 1.54) is 31.2 Å². The van der Waals surface area contributed by atoms with Crippen LogP contribution in [-0.4, -0.2) is 56.2 Å². The normalized spacial score (nSPS) is 20.5. The Labute approximate surface area is 189 Å². The quantitative estimate of drug-likeness (QED) is 0.612. The molecule has 0 atom stereocenters. The van der Waals surface area contributed by atoms with Crippen molar-refractivity contribution >= 4 is 18.1 Å². The Morgan fingerprint density at radius 2 is 1.71 bits per heavy atom. The van der Waals surface area contributed by atoms with Gasteiger partial charge >= 0.3 is 0 Å². The highest BCUT2D eigenvalue weighted by molar-refractivity contribution is 7.71. The largest absolute Gasteiger partial charge is 0.343 e. The number of carbonyl (C=O) groups excluding carboxylic acids is 1. The predicted octanol–water partition coefficient (Wildman–Crippen LogP) is 4.02. The van der Waals surface area contributed by atoms with Crippen LogP contribution in [0.15, 0.2) is 30.3 Å². The van der Waals surface area contributed by atoms with Gasteiger partial charge in [-0.2, -0.15) is 5.10 Å². The molecule has 5 rings (SSSR count). The Morgan fingerprint density at radius 3 is 2.39 bits per heavy atom. The summed E-state index contributed by atoms with van der Waals surface area (Å²) in [5.41, 5.74) is 1.27. The molecule has 1 aromatic carbocycles. The Morgan fingerprint density at radius 1 is 1.00 bits per heavy atom. The van der Waals surface area contributed by atoms with E-state index in [-0.39, 0.29) is 0 Å². The van der Waals surface area contributed by atoms with Crippen molar-refractivity contribution in [2.75, 3.05) is 26.2 Å². The van der Waals surface area contributed by atoms with Crippen LogP contribution in [0, 0.1) is 10.7 Å². The van der Waals surface area contributed by atoms with Crippen LogP contribution in [0.4, 0.5) is 0 Å². The highest BCUT2D eigenvalue weighted by Crippen LogP contribution is 2.39. The lowest BCUT2D eigenvalue weighted by atomic mass is 9.93. The van der Waals surface area contributed by atoms with Crippen LogP contribution < -0.4 is 0 Å². The second-order valence-corrected chi connectivity index (χ2v) is 9.85. The molecule has 0 spiro atoms. The fourth-order valence-electron chi connectivity index (χ4n) is 4.97. The number of hydrogen-bond acceptors (Lipinski definition) is 4. The molecule has 7 heteroatoms. The summed E-state index contributed by atoms with van der Waals surface area (Å²) in [7, 11) is 0. The van der Waals surface area contributed by atoms with Crippen LogP contribution >= 0.6 is 12.2 Å². The Kier molecular flexibility index (Phi) is 6.23. The number of rotatable bonds is 7. The average Bonchev–Trinajstić information content (AvgIpc) is 3.39. The van der Waals surface area contributed by atoms with Gasteiger partial charge < -0.3 is 4.90 Å². The number of amides is 1. The molecule has 1 aromatic heterocycles. The lowest BCUT2D eigenvalue weighted by Crippen LogP contribution is -2.37. The van der Waals surface area contributed by atoms with Crippen molar-refractivity contribution in [2.24, 2.45) is 5.92 Å². The van der Waals surface area contributed by atoms with Gasteiger partial charge in [-0.15, -0.1) is 0 Å². The van der Waals surface area contributed by atoms with E-state index in [0.29, 0.717) is 17.7 Å². The number of hydrogen-bond donors (Lipinski definition) is 0. The van der Waals surface area contributed by atoms with Crippen LogP contribution in [0.3, 0.4) is 0 Å². The average molecular weight is 440 g/mol. The molecule has 0 N–H and O–H groups in total. The number of nitrogens with zero attached hydrogens (tertiary/aromatic N) is 5. The molecule has 0 radical (unpaired) electrons. The third-order valence-electron chi connectivity index (χ3n) is 7.04. The zero-order valence-corrected chi connectivity index (χ0v) is 19.1. The van der Waals surface area contributed by atoms with Crippen LogP contribution in [0.5, 0.6) is 0 Å². The topological polar surface area (TPSA) is 46.3 Å². The minimum Gasteiger partial charge on any atom is -0.343 e. The maximum atomic E-state index is 12.5. The first kappa shape index (κ1) is 20.9.